The van der Waals surface area contributed by atoms with Crippen LogP contribution in [0.5, 0.6) is 0 Å². The second kappa shape index (κ2) is 7.09. The number of hydrogen-bond donors (Lipinski definition) is 1. The molecule has 0 aliphatic heterocycles. The third-order valence-electron chi connectivity index (χ3n) is 3.56. The Balaban J connectivity index is 1.90. The van der Waals surface area contributed by atoms with Crippen LogP contribution in [-0.4, -0.2) is 10.8 Å². The van der Waals surface area contributed by atoms with Crippen LogP contribution in [-0.2, 0) is 0 Å². The third-order valence-corrected chi connectivity index (χ3v) is 3.89. The Morgan fingerprint density at radius 2 is 1.88 bits per heavy atom. The molecule has 0 unspecified atom stereocenters. The number of nitro groups is 1. The smallest absolute Gasteiger partial charge is 0.269 e. The average molecular weight is 368 g/mol. The van der Waals surface area contributed by atoms with E-state index in [4.69, 9.17) is 16.0 Å². The van der Waals surface area contributed by atoms with E-state index in [-0.39, 0.29) is 27.7 Å². The third kappa shape index (κ3) is 3.41. The largest absolute Gasteiger partial charge is 0.439 e. The van der Waals surface area contributed by atoms with Gasteiger partial charge in [-0.1, -0.05) is 23.7 Å². The molecule has 0 spiro atoms. The van der Waals surface area contributed by atoms with Crippen LogP contribution in [0, 0.1) is 21.4 Å². The first-order valence-corrected chi connectivity index (χ1v) is 7.72. The van der Waals surface area contributed by atoms with Crippen LogP contribution in [0.2, 0.25) is 5.02 Å². The molecule has 0 radical (unpaired) electrons. The van der Waals surface area contributed by atoms with Gasteiger partial charge in [0.25, 0.3) is 11.6 Å². The number of rotatable bonds is 4. The second-order valence-corrected chi connectivity index (χ2v) is 5.61. The molecule has 0 fully saturated rings. The summed E-state index contributed by atoms with van der Waals surface area (Å²) in [5, 5.41) is 22.8. The fourth-order valence-corrected chi connectivity index (χ4v) is 2.49. The highest BCUT2D eigenvalue weighted by Gasteiger charge is 2.18. The number of carbonyl (C=O) groups excluding carboxylic acids is 1. The van der Waals surface area contributed by atoms with Gasteiger partial charge in [-0.15, -0.1) is 0 Å². The SMILES string of the molecule is N#Cc1cc(-c2ccc([N+](=O)[O-])cc2)oc1NC(=O)c1ccccc1Cl. The number of halogens is 1. The maximum absolute atomic E-state index is 12.3. The van der Waals surface area contributed by atoms with Crippen molar-refractivity contribution in [1.29, 1.82) is 5.26 Å². The summed E-state index contributed by atoms with van der Waals surface area (Å²) in [5.41, 5.74) is 0.837. The lowest BCUT2D eigenvalue weighted by Gasteiger charge is -2.04. The molecule has 1 aromatic heterocycles. The molecule has 0 saturated carbocycles. The molecule has 0 aliphatic carbocycles. The number of anilines is 1. The predicted octanol–water partition coefficient (Wildman–Crippen LogP) is 4.63. The lowest BCUT2D eigenvalue weighted by Crippen LogP contribution is -2.12. The quantitative estimate of drug-likeness (QED) is 0.534. The van der Waals surface area contributed by atoms with Crippen molar-refractivity contribution in [3.63, 3.8) is 0 Å². The summed E-state index contributed by atoms with van der Waals surface area (Å²) in [6.45, 7) is 0. The highest BCUT2D eigenvalue weighted by Crippen LogP contribution is 2.30. The zero-order valence-electron chi connectivity index (χ0n) is 13.1. The van der Waals surface area contributed by atoms with Crippen LogP contribution in [0.4, 0.5) is 11.6 Å². The first-order valence-electron chi connectivity index (χ1n) is 7.34. The van der Waals surface area contributed by atoms with Crippen molar-refractivity contribution in [3.8, 4) is 17.4 Å². The van der Waals surface area contributed by atoms with E-state index in [1.54, 1.807) is 24.3 Å². The van der Waals surface area contributed by atoms with Crippen molar-refractivity contribution in [2.75, 3.05) is 5.32 Å². The van der Waals surface area contributed by atoms with Crippen molar-refractivity contribution >= 4 is 29.1 Å². The minimum atomic E-state index is -0.517. The molecule has 0 bridgehead atoms. The lowest BCUT2D eigenvalue weighted by atomic mass is 10.1. The van der Waals surface area contributed by atoms with Gasteiger partial charge in [0.2, 0.25) is 5.88 Å². The molecule has 0 saturated heterocycles. The minimum absolute atomic E-state index is 0.0224. The monoisotopic (exact) mass is 367 g/mol. The number of amides is 1. The number of furan rings is 1. The van der Waals surface area contributed by atoms with Gasteiger partial charge >= 0.3 is 0 Å². The average Bonchev–Trinajstić information content (AvgIpc) is 3.05. The van der Waals surface area contributed by atoms with Crippen LogP contribution >= 0.6 is 11.6 Å². The number of carbonyl (C=O) groups is 1. The highest BCUT2D eigenvalue weighted by molar-refractivity contribution is 6.34. The van der Waals surface area contributed by atoms with Crippen LogP contribution in [0.25, 0.3) is 11.3 Å². The van der Waals surface area contributed by atoms with E-state index in [1.165, 1.54) is 30.3 Å². The maximum atomic E-state index is 12.3. The van der Waals surface area contributed by atoms with Gasteiger partial charge in [0.05, 0.1) is 15.5 Å². The van der Waals surface area contributed by atoms with E-state index in [0.29, 0.717) is 11.3 Å². The Bertz CT molecular complexity index is 1040. The van der Waals surface area contributed by atoms with Gasteiger partial charge in [-0.3, -0.25) is 20.2 Å². The van der Waals surface area contributed by atoms with Crippen LogP contribution in [0.15, 0.2) is 59.0 Å². The maximum Gasteiger partial charge on any atom is 0.269 e. The first-order chi connectivity index (χ1) is 12.5. The normalized spacial score (nSPS) is 10.2. The van der Waals surface area contributed by atoms with Crippen molar-refractivity contribution in [3.05, 3.63) is 80.9 Å². The number of benzene rings is 2. The summed E-state index contributed by atoms with van der Waals surface area (Å²) >= 11 is 5.99. The van der Waals surface area contributed by atoms with E-state index < -0.39 is 10.8 Å². The molecular weight excluding hydrogens is 358 g/mol. The summed E-state index contributed by atoms with van der Waals surface area (Å²) in [7, 11) is 0. The van der Waals surface area contributed by atoms with E-state index >= 15 is 0 Å². The molecule has 26 heavy (non-hydrogen) atoms. The van der Waals surface area contributed by atoms with Gasteiger partial charge in [0.1, 0.15) is 17.4 Å². The molecule has 0 atom stereocenters. The van der Waals surface area contributed by atoms with Crippen molar-refractivity contribution in [1.82, 2.24) is 0 Å². The zero-order valence-corrected chi connectivity index (χ0v) is 13.9. The number of non-ortho nitro benzene ring substituents is 1. The number of nitro benzene ring substituents is 1. The van der Waals surface area contributed by atoms with E-state index in [1.807, 2.05) is 6.07 Å². The Hall–Kier alpha value is -3.63. The molecule has 0 aliphatic rings. The van der Waals surface area contributed by atoms with Gasteiger partial charge in [0.15, 0.2) is 0 Å². The summed E-state index contributed by atoms with van der Waals surface area (Å²) < 4.78 is 5.56. The molecule has 8 heteroatoms. The van der Waals surface area contributed by atoms with Gasteiger partial charge in [-0.05, 0) is 24.3 Å². The van der Waals surface area contributed by atoms with Crippen molar-refractivity contribution in [2.24, 2.45) is 0 Å². The number of nitrogens with zero attached hydrogens (tertiary/aromatic N) is 2. The van der Waals surface area contributed by atoms with Crippen LogP contribution < -0.4 is 5.32 Å². The molecule has 3 rings (SSSR count). The Labute approximate surface area is 152 Å². The van der Waals surface area contributed by atoms with Crippen LogP contribution in [0.1, 0.15) is 15.9 Å². The molecule has 7 nitrogen and oxygen atoms in total. The molecular formula is C18H10ClN3O4. The molecule has 1 N–H and O–H groups in total. The Morgan fingerprint density at radius 1 is 1.19 bits per heavy atom. The Kier molecular flexibility index (Phi) is 4.69. The number of hydrogen-bond acceptors (Lipinski definition) is 5. The van der Waals surface area contributed by atoms with Crippen molar-refractivity contribution in [2.45, 2.75) is 0 Å². The fraction of sp³-hybridized carbons (Fsp3) is 0. The van der Waals surface area contributed by atoms with Gasteiger partial charge in [-0.25, -0.2) is 0 Å². The fourth-order valence-electron chi connectivity index (χ4n) is 2.27. The highest BCUT2D eigenvalue weighted by atomic mass is 35.5. The summed E-state index contributed by atoms with van der Waals surface area (Å²) in [6.07, 6.45) is 0. The van der Waals surface area contributed by atoms with Gasteiger partial charge < -0.3 is 4.42 Å². The van der Waals surface area contributed by atoms with E-state index in [9.17, 15) is 20.2 Å². The summed E-state index contributed by atoms with van der Waals surface area (Å²) in [6, 6.07) is 15.5. The Morgan fingerprint density at radius 3 is 2.50 bits per heavy atom. The van der Waals surface area contributed by atoms with E-state index in [2.05, 4.69) is 5.32 Å². The topological polar surface area (TPSA) is 109 Å². The molecule has 1 heterocycles. The van der Waals surface area contributed by atoms with Gasteiger partial charge in [0, 0.05) is 23.8 Å². The van der Waals surface area contributed by atoms with Crippen LogP contribution in [0.3, 0.4) is 0 Å². The number of nitriles is 1. The van der Waals surface area contributed by atoms with Crippen molar-refractivity contribution < 1.29 is 14.1 Å². The zero-order chi connectivity index (χ0) is 18.7. The minimum Gasteiger partial charge on any atom is -0.439 e. The summed E-state index contributed by atoms with van der Waals surface area (Å²) in [4.78, 5) is 22.5. The molecule has 1 amide bonds. The molecule has 128 valence electrons. The van der Waals surface area contributed by atoms with E-state index in [0.717, 1.165) is 0 Å². The lowest BCUT2D eigenvalue weighted by molar-refractivity contribution is -0.384. The first kappa shape index (κ1) is 17.2. The molecule has 3 aromatic rings. The number of nitrogens with one attached hydrogen (secondary N) is 1. The summed E-state index contributed by atoms with van der Waals surface area (Å²) in [5.74, 6) is -0.242. The van der Waals surface area contributed by atoms with Gasteiger partial charge in [-0.2, -0.15) is 5.26 Å². The molecule has 2 aromatic carbocycles. The second-order valence-electron chi connectivity index (χ2n) is 5.20. The predicted molar refractivity (Wildman–Crippen MR) is 94.9 cm³/mol. The standard InChI is InChI=1S/C18H10ClN3O4/c19-15-4-2-1-3-14(15)17(23)21-18-12(10-20)9-16(26-18)11-5-7-13(8-6-11)22(24)25/h1-9H,(H,21,23).